The second-order valence-electron chi connectivity index (χ2n) is 6.16. The number of nitrogens with one attached hydrogen (secondary N) is 1. The lowest BCUT2D eigenvalue weighted by Gasteiger charge is -2.08. The van der Waals surface area contributed by atoms with Crippen LogP contribution in [0.4, 0.5) is 4.79 Å². The Balaban J connectivity index is 1.39. The molecule has 0 spiro atoms. The lowest BCUT2D eigenvalue weighted by molar-refractivity contribution is 0.140. The van der Waals surface area contributed by atoms with E-state index in [1.807, 2.05) is 54.6 Å². The minimum atomic E-state index is -0.393. The van der Waals surface area contributed by atoms with E-state index in [1.54, 1.807) is 18.9 Å². The van der Waals surface area contributed by atoms with Crippen LogP contribution in [0.5, 0.6) is 5.75 Å². The highest BCUT2D eigenvalue weighted by Gasteiger charge is 2.03. The van der Waals surface area contributed by atoms with Gasteiger partial charge in [-0.3, -0.25) is 0 Å². The maximum absolute atomic E-state index is 11.8. The lowest BCUT2D eigenvalue weighted by Crippen LogP contribution is -2.26. The number of rotatable bonds is 8. The van der Waals surface area contributed by atoms with E-state index in [4.69, 9.17) is 9.47 Å². The molecule has 3 aromatic carbocycles. The predicted molar refractivity (Wildman–Crippen MR) is 112 cm³/mol. The topological polar surface area (TPSA) is 47.6 Å². The highest BCUT2D eigenvalue weighted by Crippen LogP contribution is 2.29. The third-order valence-corrected chi connectivity index (χ3v) is 5.13. The van der Waals surface area contributed by atoms with Gasteiger partial charge in [-0.05, 0) is 53.9 Å². The number of carbonyl (C=O) groups is 1. The largest absolute Gasteiger partial charge is 0.497 e. The zero-order chi connectivity index (χ0) is 19.6. The van der Waals surface area contributed by atoms with Crippen LogP contribution in [0.2, 0.25) is 0 Å². The van der Waals surface area contributed by atoms with Gasteiger partial charge >= 0.3 is 6.09 Å². The molecule has 3 aromatic rings. The molecule has 0 aliphatic rings. The Hall–Kier alpha value is -2.92. The molecule has 0 radical (unpaired) electrons. The van der Waals surface area contributed by atoms with Gasteiger partial charge in [0, 0.05) is 16.3 Å². The van der Waals surface area contributed by atoms with Gasteiger partial charge in [0.2, 0.25) is 0 Å². The molecule has 3 rings (SSSR count). The van der Waals surface area contributed by atoms with E-state index in [9.17, 15) is 4.79 Å². The molecule has 0 aliphatic heterocycles. The monoisotopic (exact) mass is 393 g/mol. The molecular weight excluding hydrogens is 370 g/mol. The molecule has 28 heavy (non-hydrogen) atoms. The minimum absolute atomic E-state index is 0.282. The van der Waals surface area contributed by atoms with Crippen LogP contribution in [-0.2, 0) is 17.8 Å². The molecule has 0 fully saturated rings. The number of ether oxygens (including phenoxy) is 2. The van der Waals surface area contributed by atoms with Gasteiger partial charge in [0.05, 0.1) is 7.11 Å². The van der Waals surface area contributed by atoms with E-state index >= 15 is 0 Å². The van der Waals surface area contributed by atoms with Crippen LogP contribution >= 0.6 is 11.8 Å². The Morgan fingerprint density at radius 2 is 1.50 bits per heavy atom. The molecule has 1 N–H and O–H groups in total. The number of alkyl carbamates (subject to hydrolysis) is 1. The summed E-state index contributed by atoms with van der Waals surface area (Å²) in [6.45, 7) is 0.822. The molecule has 1 amide bonds. The molecule has 0 saturated carbocycles. The summed E-state index contributed by atoms with van der Waals surface area (Å²) in [5.74, 6) is 0.856. The first-order valence-electron chi connectivity index (χ1n) is 9.08. The SMILES string of the molecule is COc1ccc(Sc2ccc(CCNC(=O)OCc3ccccc3)cc2)cc1. The molecule has 0 saturated heterocycles. The Labute approximate surface area is 169 Å². The molecule has 0 aliphatic carbocycles. The van der Waals surface area contributed by atoms with Crippen molar-refractivity contribution in [1.82, 2.24) is 5.32 Å². The number of amides is 1. The van der Waals surface area contributed by atoms with Crippen LogP contribution in [0.15, 0.2) is 88.7 Å². The van der Waals surface area contributed by atoms with E-state index in [-0.39, 0.29) is 6.61 Å². The Morgan fingerprint density at radius 3 is 2.14 bits per heavy atom. The van der Waals surface area contributed by atoms with Crippen molar-refractivity contribution in [3.05, 3.63) is 90.0 Å². The van der Waals surface area contributed by atoms with Crippen LogP contribution in [0, 0.1) is 0 Å². The van der Waals surface area contributed by atoms with Gasteiger partial charge in [0.25, 0.3) is 0 Å². The van der Waals surface area contributed by atoms with Gasteiger partial charge in [-0.15, -0.1) is 0 Å². The summed E-state index contributed by atoms with van der Waals surface area (Å²) in [5, 5.41) is 2.79. The van der Waals surface area contributed by atoms with Crippen LogP contribution in [0.3, 0.4) is 0 Å². The average molecular weight is 394 g/mol. The molecule has 0 atom stereocenters. The summed E-state index contributed by atoms with van der Waals surface area (Å²) in [6.07, 6.45) is 0.365. The highest BCUT2D eigenvalue weighted by molar-refractivity contribution is 7.99. The smallest absolute Gasteiger partial charge is 0.407 e. The van der Waals surface area contributed by atoms with Crippen molar-refractivity contribution < 1.29 is 14.3 Å². The molecule has 5 heteroatoms. The normalized spacial score (nSPS) is 10.3. The van der Waals surface area contributed by atoms with Crippen LogP contribution in [0.1, 0.15) is 11.1 Å². The van der Waals surface area contributed by atoms with Crippen molar-refractivity contribution in [2.24, 2.45) is 0 Å². The Kier molecular flexibility index (Phi) is 7.38. The minimum Gasteiger partial charge on any atom is -0.497 e. The van der Waals surface area contributed by atoms with E-state index in [0.717, 1.165) is 22.6 Å². The fourth-order valence-corrected chi connectivity index (χ4v) is 3.40. The van der Waals surface area contributed by atoms with Crippen molar-refractivity contribution in [1.29, 1.82) is 0 Å². The van der Waals surface area contributed by atoms with E-state index in [0.29, 0.717) is 6.54 Å². The van der Waals surface area contributed by atoms with Gasteiger partial charge in [0.1, 0.15) is 12.4 Å². The second-order valence-corrected chi connectivity index (χ2v) is 7.31. The number of methoxy groups -OCH3 is 1. The fraction of sp³-hybridized carbons (Fsp3) is 0.174. The third kappa shape index (κ3) is 6.35. The second kappa shape index (κ2) is 10.4. The molecule has 4 nitrogen and oxygen atoms in total. The maximum atomic E-state index is 11.8. The van der Waals surface area contributed by atoms with Crippen LogP contribution < -0.4 is 10.1 Å². The quantitative estimate of drug-likeness (QED) is 0.563. The third-order valence-electron chi connectivity index (χ3n) is 4.11. The zero-order valence-corrected chi connectivity index (χ0v) is 16.6. The number of carbonyl (C=O) groups excluding carboxylic acids is 1. The predicted octanol–water partition coefficient (Wildman–Crippen LogP) is 5.32. The van der Waals surface area contributed by atoms with E-state index < -0.39 is 6.09 Å². The molecule has 0 aromatic heterocycles. The highest BCUT2D eigenvalue weighted by atomic mass is 32.2. The standard InChI is InChI=1S/C23H23NO3S/c1-26-20-9-13-22(14-10-20)28-21-11-7-18(8-12-21)15-16-24-23(25)27-17-19-5-3-2-4-6-19/h2-14H,15-17H2,1H3,(H,24,25). The first-order chi connectivity index (χ1) is 13.7. The Morgan fingerprint density at radius 1 is 0.857 bits per heavy atom. The molecular formula is C23H23NO3S. The molecule has 0 unspecified atom stereocenters. The van der Waals surface area contributed by atoms with Crippen LogP contribution in [0.25, 0.3) is 0 Å². The lowest BCUT2D eigenvalue weighted by atomic mass is 10.1. The summed E-state index contributed by atoms with van der Waals surface area (Å²) in [5.41, 5.74) is 2.14. The van der Waals surface area contributed by atoms with Gasteiger partial charge in [0.15, 0.2) is 0 Å². The molecule has 144 valence electrons. The molecule has 0 heterocycles. The summed E-state index contributed by atoms with van der Waals surface area (Å²) < 4.78 is 10.4. The summed E-state index contributed by atoms with van der Waals surface area (Å²) in [7, 11) is 1.67. The fourth-order valence-electron chi connectivity index (χ4n) is 2.59. The van der Waals surface area contributed by atoms with Crippen molar-refractivity contribution in [2.75, 3.05) is 13.7 Å². The van der Waals surface area contributed by atoms with Gasteiger partial charge in [-0.25, -0.2) is 4.79 Å². The summed E-state index contributed by atoms with van der Waals surface area (Å²) in [6, 6.07) is 26.0. The zero-order valence-electron chi connectivity index (χ0n) is 15.8. The first kappa shape index (κ1) is 19.8. The van der Waals surface area contributed by atoms with Crippen molar-refractivity contribution in [2.45, 2.75) is 22.8 Å². The maximum Gasteiger partial charge on any atom is 0.407 e. The first-order valence-corrected chi connectivity index (χ1v) is 9.90. The van der Waals surface area contributed by atoms with Crippen molar-refractivity contribution in [3.8, 4) is 5.75 Å². The van der Waals surface area contributed by atoms with Gasteiger partial charge in [-0.2, -0.15) is 0 Å². The summed E-state index contributed by atoms with van der Waals surface area (Å²) in [4.78, 5) is 14.1. The average Bonchev–Trinajstić information content (AvgIpc) is 2.75. The van der Waals surface area contributed by atoms with Crippen molar-refractivity contribution in [3.63, 3.8) is 0 Å². The van der Waals surface area contributed by atoms with Crippen LogP contribution in [-0.4, -0.2) is 19.7 Å². The van der Waals surface area contributed by atoms with E-state index in [1.165, 1.54) is 10.5 Å². The number of benzene rings is 3. The Bertz CT molecular complexity index is 865. The van der Waals surface area contributed by atoms with Crippen molar-refractivity contribution >= 4 is 17.9 Å². The van der Waals surface area contributed by atoms with Gasteiger partial charge in [-0.1, -0.05) is 54.2 Å². The van der Waals surface area contributed by atoms with E-state index in [2.05, 4.69) is 29.6 Å². The summed E-state index contributed by atoms with van der Waals surface area (Å²) >= 11 is 1.70. The van der Waals surface area contributed by atoms with Gasteiger partial charge < -0.3 is 14.8 Å². The number of hydrogen-bond donors (Lipinski definition) is 1. The molecule has 0 bridgehead atoms. The number of hydrogen-bond acceptors (Lipinski definition) is 4.